The molecule has 1 aliphatic carbocycles. The van der Waals surface area contributed by atoms with Crippen molar-refractivity contribution in [2.75, 3.05) is 13.6 Å². The van der Waals surface area contributed by atoms with E-state index in [1.54, 1.807) is 0 Å². The first-order valence-electron chi connectivity index (χ1n) is 6.24. The average Bonchev–Trinajstić information content (AvgIpc) is 2.65. The molecule has 0 bridgehead atoms. The minimum atomic E-state index is 0.796. The van der Waals surface area contributed by atoms with E-state index in [9.17, 15) is 0 Å². The van der Waals surface area contributed by atoms with E-state index >= 15 is 0 Å². The maximum Gasteiger partial charge on any atom is 0.00992 e. The van der Waals surface area contributed by atoms with Crippen molar-refractivity contribution in [3.05, 3.63) is 0 Å². The third kappa shape index (κ3) is 2.12. The highest BCUT2D eigenvalue weighted by molar-refractivity contribution is 4.87. The molecular weight excluding hydrogens is 172 g/mol. The molecule has 1 heterocycles. The number of rotatable bonds is 2. The van der Waals surface area contributed by atoms with Crippen LogP contribution in [-0.2, 0) is 0 Å². The molecule has 2 nitrogen and oxygen atoms in total. The Kier molecular flexibility index (Phi) is 3.45. The van der Waals surface area contributed by atoms with Crippen molar-refractivity contribution < 1.29 is 0 Å². The van der Waals surface area contributed by atoms with Crippen molar-refractivity contribution >= 4 is 0 Å². The zero-order chi connectivity index (χ0) is 9.97. The van der Waals surface area contributed by atoms with Gasteiger partial charge in [0.2, 0.25) is 0 Å². The van der Waals surface area contributed by atoms with Crippen molar-refractivity contribution in [3.8, 4) is 0 Å². The van der Waals surface area contributed by atoms with Crippen LogP contribution in [0.1, 0.15) is 45.4 Å². The largest absolute Gasteiger partial charge is 0.317 e. The molecular formula is C12H24N2. The van der Waals surface area contributed by atoms with E-state index in [4.69, 9.17) is 0 Å². The average molecular weight is 196 g/mol. The second-order valence-corrected chi connectivity index (χ2v) is 5.02. The fraction of sp³-hybridized carbons (Fsp3) is 1.00. The third-order valence-corrected chi connectivity index (χ3v) is 4.18. The summed E-state index contributed by atoms with van der Waals surface area (Å²) >= 11 is 0. The van der Waals surface area contributed by atoms with Gasteiger partial charge in [-0.25, -0.2) is 0 Å². The highest BCUT2D eigenvalue weighted by atomic mass is 15.2. The van der Waals surface area contributed by atoms with Gasteiger partial charge >= 0.3 is 0 Å². The first-order valence-corrected chi connectivity index (χ1v) is 6.24. The number of likely N-dealkylation sites (tertiary alicyclic amines) is 1. The van der Waals surface area contributed by atoms with Gasteiger partial charge < -0.3 is 5.32 Å². The molecule has 0 aromatic heterocycles. The molecule has 1 saturated carbocycles. The number of nitrogens with zero attached hydrogens (tertiary/aromatic N) is 1. The zero-order valence-corrected chi connectivity index (χ0v) is 9.63. The molecule has 0 radical (unpaired) electrons. The second-order valence-electron chi connectivity index (χ2n) is 5.02. The molecule has 0 amide bonds. The number of hydrogen-bond donors (Lipinski definition) is 1. The van der Waals surface area contributed by atoms with Crippen LogP contribution in [0.15, 0.2) is 0 Å². The van der Waals surface area contributed by atoms with Crippen molar-refractivity contribution in [1.82, 2.24) is 10.2 Å². The molecule has 2 aliphatic rings. The summed E-state index contributed by atoms with van der Waals surface area (Å²) in [6, 6.07) is 2.55. The Morgan fingerprint density at radius 3 is 2.29 bits per heavy atom. The smallest absolute Gasteiger partial charge is 0.00992 e. The zero-order valence-electron chi connectivity index (χ0n) is 9.63. The van der Waals surface area contributed by atoms with E-state index < -0.39 is 0 Å². The van der Waals surface area contributed by atoms with E-state index in [0.29, 0.717) is 0 Å². The van der Waals surface area contributed by atoms with Crippen LogP contribution in [0.25, 0.3) is 0 Å². The minimum Gasteiger partial charge on any atom is -0.317 e. The lowest BCUT2D eigenvalue weighted by Gasteiger charge is -2.36. The van der Waals surface area contributed by atoms with Crippen LogP contribution >= 0.6 is 0 Å². The first kappa shape index (κ1) is 10.4. The lowest BCUT2D eigenvalue weighted by Crippen LogP contribution is -2.43. The van der Waals surface area contributed by atoms with Gasteiger partial charge in [-0.15, -0.1) is 0 Å². The van der Waals surface area contributed by atoms with Crippen LogP contribution in [0.3, 0.4) is 0 Å². The summed E-state index contributed by atoms with van der Waals surface area (Å²) < 4.78 is 0. The van der Waals surface area contributed by atoms with Gasteiger partial charge in [0.1, 0.15) is 0 Å². The Labute approximate surface area is 88.1 Å². The fourth-order valence-corrected chi connectivity index (χ4v) is 3.19. The standard InChI is InChI=1S/C12H24N2/c1-10-4-3-9-14(10)12-7-5-11(13-2)6-8-12/h10-13H,3-9H2,1-2H3. The Morgan fingerprint density at radius 2 is 1.79 bits per heavy atom. The molecule has 1 aliphatic heterocycles. The summed E-state index contributed by atoms with van der Waals surface area (Å²) in [7, 11) is 2.10. The van der Waals surface area contributed by atoms with Gasteiger partial charge in [-0.05, 0) is 59.0 Å². The van der Waals surface area contributed by atoms with Gasteiger partial charge in [0, 0.05) is 18.1 Å². The van der Waals surface area contributed by atoms with E-state index in [1.807, 2.05) is 0 Å². The fourth-order valence-electron chi connectivity index (χ4n) is 3.19. The van der Waals surface area contributed by atoms with Crippen molar-refractivity contribution in [2.24, 2.45) is 0 Å². The molecule has 82 valence electrons. The highest BCUT2D eigenvalue weighted by Gasteiger charge is 2.30. The van der Waals surface area contributed by atoms with Gasteiger partial charge in [-0.2, -0.15) is 0 Å². The molecule has 1 N–H and O–H groups in total. The van der Waals surface area contributed by atoms with Gasteiger partial charge in [-0.1, -0.05) is 0 Å². The molecule has 1 saturated heterocycles. The predicted molar refractivity (Wildman–Crippen MR) is 60.5 cm³/mol. The maximum atomic E-state index is 3.41. The van der Waals surface area contributed by atoms with E-state index in [0.717, 1.165) is 18.1 Å². The molecule has 2 rings (SSSR count). The molecule has 1 atom stereocenters. The Hall–Kier alpha value is -0.0800. The van der Waals surface area contributed by atoms with Crippen LogP contribution in [-0.4, -0.2) is 36.6 Å². The third-order valence-electron chi connectivity index (χ3n) is 4.18. The summed E-state index contributed by atoms with van der Waals surface area (Å²) in [5.74, 6) is 0. The maximum absolute atomic E-state index is 3.41. The van der Waals surface area contributed by atoms with Crippen LogP contribution < -0.4 is 5.32 Å². The van der Waals surface area contributed by atoms with Crippen LogP contribution in [0.2, 0.25) is 0 Å². The van der Waals surface area contributed by atoms with Crippen molar-refractivity contribution in [2.45, 2.75) is 63.6 Å². The Bertz CT molecular complexity index is 173. The van der Waals surface area contributed by atoms with Crippen LogP contribution in [0, 0.1) is 0 Å². The Morgan fingerprint density at radius 1 is 1.07 bits per heavy atom. The number of nitrogens with one attached hydrogen (secondary N) is 1. The van der Waals surface area contributed by atoms with Gasteiger partial charge in [0.15, 0.2) is 0 Å². The topological polar surface area (TPSA) is 15.3 Å². The summed E-state index contributed by atoms with van der Waals surface area (Å²) in [5.41, 5.74) is 0. The summed E-state index contributed by atoms with van der Waals surface area (Å²) in [6.45, 7) is 3.76. The quantitative estimate of drug-likeness (QED) is 0.726. The van der Waals surface area contributed by atoms with Gasteiger partial charge in [0.25, 0.3) is 0 Å². The Balaban J connectivity index is 1.82. The molecule has 0 aromatic rings. The summed E-state index contributed by atoms with van der Waals surface area (Å²) in [4.78, 5) is 2.76. The lowest BCUT2D eigenvalue weighted by atomic mass is 9.90. The van der Waals surface area contributed by atoms with E-state index in [-0.39, 0.29) is 0 Å². The molecule has 14 heavy (non-hydrogen) atoms. The predicted octanol–water partition coefficient (Wildman–Crippen LogP) is 2.00. The minimum absolute atomic E-state index is 0.796. The monoisotopic (exact) mass is 196 g/mol. The normalized spacial score (nSPS) is 40.3. The molecule has 0 spiro atoms. The molecule has 0 aromatic carbocycles. The van der Waals surface area contributed by atoms with E-state index in [2.05, 4.69) is 24.2 Å². The summed E-state index contributed by atoms with van der Waals surface area (Å²) in [6.07, 6.45) is 8.43. The molecule has 1 unspecified atom stereocenters. The lowest BCUT2D eigenvalue weighted by molar-refractivity contribution is 0.139. The number of hydrogen-bond acceptors (Lipinski definition) is 2. The van der Waals surface area contributed by atoms with Crippen molar-refractivity contribution in [3.63, 3.8) is 0 Å². The molecule has 2 fully saturated rings. The molecule has 2 heteroatoms. The van der Waals surface area contributed by atoms with Crippen LogP contribution in [0.4, 0.5) is 0 Å². The SMILES string of the molecule is CNC1CCC(N2CCCC2C)CC1. The first-order chi connectivity index (χ1) is 6.81. The summed E-state index contributed by atoms with van der Waals surface area (Å²) in [5, 5.41) is 3.41. The van der Waals surface area contributed by atoms with Crippen LogP contribution in [0.5, 0.6) is 0 Å². The van der Waals surface area contributed by atoms with Gasteiger partial charge in [-0.3, -0.25) is 4.90 Å². The second kappa shape index (κ2) is 4.63. The van der Waals surface area contributed by atoms with E-state index in [1.165, 1.54) is 45.1 Å². The highest BCUT2D eigenvalue weighted by Crippen LogP contribution is 2.28. The van der Waals surface area contributed by atoms with Crippen molar-refractivity contribution in [1.29, 1.82) is 0 Å². The van der Waals surface area contributed by atoms with Gasteiger partial charge in [0.05, 0.1) is 0 Å².